The second-order valence-electron chi connectivity index (χ2n) is 3.99. The van der Waals surface area contributed by atoms with Crippen LogP contribution in [0.5, 0.6) is 0 Å². The number of aryl methyl sites for hydroxylation is 1. The van der Waals surface area contributed by atoms with Gasteiger partial charge in [0.05, 0.1) is 19.3 Å². The molecule has 2 rings (SSSR count). The van der Waals surface area contributed by atoms with Crippen molar-refractivity contribution in [1.82, 2.24) is 5.32 Å². The molecule has 3 heteroatoms. The summed E-state index contributed by atoms with van der Waals surface area (Å²) >= 11 is 0. The van der Waals surface area contributed by atoms with Gasteiger partial charge in [-0.05, 0) is 18.6 Å². The van der Waals surface area contributed by atoms with Crippen molar-refractivity contribution in [3.63, 3.8) is 0 Å². The summed E-state index contributed by atoms with van der Waals surface area (Å²) in [6.45, 7) is 3.30. The van der Waals surface area contributed by atoms with Crippen molar-refractivity contribution in [1.29, 1.82) is 0 Å². The number of amides is 1. The maximum atomic E-state index is 11.4. The Kier molecular flexibility index (Phi) is 3.37. The van der Waals surface area contributed by atoms with Gasteiger partial charge in [0.1, 0.15) is 0 Å². The highest BCUT2D eigenvalue weighted by Crippen LogP contribution is 2.05. The summed E-state index contributed by atoms with van der Waals surface area (Å²) in [5, 5.41) is 2.85. The molecule has 0 atom stereocenters. The number of rotatable bonds is 3. The highest BCUT2D eigenvalue weighted by Gasteiger charge is 2.18. The van der Waals surface area contributed by atoms with Crippen molar-refractivity contribution in [2.75, 3.05) is 13.2 Å². The maximum absolute atomic E-state index is 11.4. The summed E-state index contributed by atoms with van der Waals surface area (Å²) in [7, 11) is 0. The zero-order valence-corrected chi connectivity index (χ0v) is 9.27. The van der Waals surface area contributed by atoms with Crippen LogP contribution in [0.2, 0.25) is 0 Å². The van der Waals surface area contributed by atoms with Gasteiger partial charge in [-0.25, -0.2) is 0 Å². The summed E-state index contributed by atoms with van der Waals surface area (Å²) in [5.41, 5.74) is 2.25. The van der Waals surface area contributed by atoms with E-state index in [1.807, 2.05) is 37.3 Å². The van der Waals surface area contributed by atoms with Crippen LogP contribution in [-0.2, 0) is 9.53 Å². The lowest BCUT2D eigenvalue weighted by Crippen LogP contribution is -2.48. The molecule has 3 nitrogen and oxygen atoms in total. The van der Waals surface area contributed by atoms with Crippen LogP contribution in [0.4, 0.5) is 0 Å². The first-order valence-corrected chi connectivity index (χ1v) is 5.37. The van der Waals surface area contributed by atoms with Gasteiger partial charge >= 0.3 is 0 Å². The Morgan fingerprint density at radius 1 is 1.38 bits per heavy atom. The monoisotopic (exact) mass is 217 g/mol. The quantitative estimate of drug-likeness (QED) is 0.780. The topological polar surface area (TPSA) is 38.3 Å². The summed E-state index contributed by atoms with van der Waals surface area (Å²) in [5.74, 6) is -0.0612. The van der Waals surface area contributed by atoms with Crippen molar-refractivity contribution < 1.29 is 9.53 Å². The second-order valence-corrected chi connectivity index (χ2v) is 3.99. The van der Waals surface area contributed by atoms with Crippen molar-refractivity contribution >= 4 is 12.0 Å². The lowest BCUT2D eigenvalue weighted by molar-refractivity contribution is -0.120. The molecule has 1 N–H and O–H groups in total. The van der Waals surface area contributed by atoms with Gasteiger partial charge in [-0.3, -0.25) is 4.79 Å². The largest absolute Gasteiger partial charge is 0.377 e. The molecule has 1 aromatic rings. The number of nitrogens with one attached hydrogen (secondary N) is 1. The fourth-order valence-electron chi connectivity index (χ4n) is 1.42. The van der Waals surface area contributed by atoms with E-state index in [9.17, 15) is 4.79 Å². The molecule has 1 fully saturated rings. The highest BCUT2D eigenvalue weighted by molar-refractivity contribution is 5.91. The fourth-order valence-corrected chi connectivity index (χ4v) is 1.42. The molecule has 1 amide bonds. The van der Waals surface area contributed by atoms with Crippen molar-refractivity contribution in [3.8, 4) is 0 Å². The Bertz CT molecular complexity index is 391. The standard InChI is InChI=1S/C13H15NO2/c1-10-2-4-11(5-3-10)6-7-13(15)14-12-8-16-9-12/h2-7,12H,8-9H2,1H3,(H,14,15). The normalized spacial score (nSPS) is 16.1. The van der Waals surface area contributed by atoms with Crippen LogP contribution in [0.15, 0.2) is 30.3 Å². The summed E-state index contributed by atoms with van der Waals surface area (Å²) < 4.78 is 4.97. The molecular weight excluding hydrogens is 202 g/mol. The Balaban J connectivity index is 1.87. The van der Waals surface area contributed by atoms with Gasteiger partial charge in [-0.2, -0.15) is 0 Å². The first-order chi connectivity index (χ1) is 7.74. The molecule has 16 heavy (non-hydrogen) atoms. The minimum absolute atomic E-state index is 0.0612. The lowest BCUT2D eigenvalue weighted by atomic mass is 10.1. The molecule has 1 aliphatic heterocycles. The van der Waals surface area contributed by atoms with Crippen LogP contribution in [0, 0.1) is 6.92 Å². The fraction of sp³-hybridized carbons (Fsp3) is 0.308. The van der Waals surface area contributed by atoms with E-state index >= 15 is 0 Å². The summed E-state index contributed by atoms with van der Waals surface area (Å²) in [6.07, 6.45) is 3.37. The van der Waals surface area contributed by atoms with Crippen molar-refractivity contribution in [2.24, 2.45) is 0 Å². The van der Waals surface area contributed by atoms with E-state index in [1.165, 1.54) is 5.56 Å². The van der Waals surface area contributed by atoms with Gasteiger partial charge in [0.15, 0.2) is 0 Å². The van der Waals surface area contributed by atoms with E-state index in [4.69, 9.17) is 4.74 Å². The van der Waals surface area contributed by atoms with Crippen LogP contribution >= 0.6 is 0 Å². The molecular formula is C13H15NO2. The van der Waals surface area contributed by atoms with Crippen LogP contribution in [0.1, 0.15) is 11.1 Å². The Morgan fingerprint density at radius 3 is 2.62 bits per heavy atom. The van der Waals surface area contributed by atoms with E-state index in [2.05, 4.69) is 5.32 Å². The molecule has 1 aliphatic rings. The van der Waals surface area contributed by atoms with E-state index < -0.39 is 0 Å². The number of benzene rings is 1. The van der Waals surface area contributed by atoms with Crippen molar-refractivity contribution in [3.05, 3.63) is 41.5 Å². The van der Waals surface area contributed by atoms with Gasteiger partial charge in [0.2, 0.25) is 5.91 Å². The zero-order valence-electron chi connectivity index (χ0n) is 9.27. The number of ether oxygens (including phenoxy) is 1. The first-order valence-electron chi connectivity index (χ1n) is 5.37. The third-order valence-electron chi connectivity index (χ3n) is 2.49. The molecule has 0 spiro atoms. The number of hydrogen-bond acceptors (Lipinski definition) is 2. The molecule has 0 bridgehead atoms. The summed E-state index contributed by atoms with van der Waals surface area (Å²) in [6, 6.07) is 8.22. The molecule has 0 unspecified atom stereocenters. The lowest BCUT2D eigenvalue weighted by Gasteiger charge is -2.26. The average molecular weight is 217 g/mol. The molecule has 0 aliphatic carbocycles. The van der Waals surface area contributed by atoms with E-state index in [1.54, 1.807) is 6.08 Å². The van der Waals surface area contributed by atoms with Crippen LogP contribution in [-0.4, -0.2) is 25.2 Å². The van der Waals surface area contributed by atoms with Crippen LogP contribution < -0.4 is 5.32 Å². The second kappa shape index (κ2) is 4.94. The number of carbonyl (C=O) groups is 1. The Labute approximate surface area is 95.1 Å². The maximum Gasteiger partial charge on any atom is 0.244 e. The van der Waals surface area contributed by atoms with Gasteiger partial charge in [-0.1, -0.05) is 29.8 Å². The third-order valence-corrected chi connectivity index (χ3v) is 2.49. The Hall–Kier alpha value is -1.61. The third kappa shape index (κ3) is 2.94. The van der Waals surface area contributed by atoms with Gasteiger partial charge in [0, 0.05) is 6.08 Å². The predicted molar refractivity (Wildman–Crippen MR) is 63.0 cm³/mol. The van der Waals surface area contributed by atoms with E-state index in [0.29, 0.717) is 13.2 Å². The number of carbonyl (C=O) groups excluding carboxylic acids is 1. The highest BCUT2D eigenvalue weighted by atomic mass is 16.5. The Morgan fingerprint density at radius 2 is 2.06 bits per heavy atom. The smallest absolute Gasteiger partial charge is 0.244 e. The molecule has 1 aromatic carbocycles. The van der Waals surface area contributed by atoms with E-state index in [-0.39, 0.29) is 11.9 Å². The van der Waals surface area contributed by atoms with Gasteiger partial charge in [0.25, 0.3) is 0 Å². The molecule has 0 saturated carbocycles. The SMILES string of the molecule is Cc1ccc(C=CC(=O)NC2COC2)cc1. The predicted octanol–water partition coefficient (Wildman–Crippen LogP) is 1.52. The van der Waals surface area contributed by atoms with Crippen LogP contribution in [0.25, 0.3) is 6.08 Å². The average Bonchev–Trinajstić information content (AvgIpc) is 2.23. The van der Waals surface area contributed by atoms with Crippen LogP contribution in [0.3, 0.4) is 0 Å². The minimum atomic E-state index is -0.0612. The molecule has 84 valence electrons. The zero-order chi connectivity index (χ0) is 11.4. The minimum Gasteiger partial charge on any atom is -0.377 e. The van der Waals surface area contributed by atoms with Gasteiger partial charge in [-0.15, -0.1) is 0 Å². The molecule has 1 saturated heterocycles. The van der Waals surface area contributed by atoms with Gasteiger partial charge < -0.3 is 10.1 Å². The molecule has 0 aromatic heterocycles. The van der Waals surface area contributed by atoms with Crippen molar-refractivity contribution in [2.45, 2.75) is 13.0 Å². The first kappa shape index (κ1) is 10.9. The van der Waals surface area contributed by atoms with E-state index in [0.717, 1.165) is 5.56 Å². The summed E-state index contributed by atoms with van der Waals surface area (Å²) in [4.78, 5) is 11.4. The number of hydrogen-bond donors (Lipinski definition) is 1. The molecule has 0 radical (unpaired) electrons. The molecule has 1 heterocycles.